The number of nitrogens with two attached hydrogens (primary N) is 1. The Bertz CT molecular complexity index is 1320. The number of aromatic nitrogens is 3. The summed E-state index contributed by atoms with van der Waals surface area (Å²) in [6, 6.07) is 1.97. The number of likely N-dealkylation sites (tertiary alicyclic amines) is 2. The first kappa shape index (κ1) is 31.8. The van der Waals surface area contributed by atoms with Gasteiger partial charge in [-0.2, -0.15) is 5.10 Å². The Kier molecular flexibility index (Phi) is 9.92. The number of pyridine rings is 1. The van der Waals surface area contributed by atoms with Crippen LogP contribution in [0.1, 0.15) is 112 Å². The Morgan fingerprint density at radius 2 is 1.62 bits per heavy atom. The number of fused-ring (bicyclic) bond motifs is 2. The molecular formula is C34H51FN8O2. The Morgan fingerprint density at radius 1 is 0.978 bits per heavy atom. The summed E-state index contributed by atoms with van der Waals surface area (Å²) in [4.78, 5) is 35.7. The summed E-state index contributed by atoms with van der Waals surface area (Å²) in [6.45, 7) is 3.52. The van der Waals surface area contributed by atoms with Crippen molar-refractivity contribution in [2.75, 3.05) is 56.1 Å². The van der Waals surface area contributed by atoms with Crippen molar-refractivity contribution in [3.05, 3.63) is 29.6 Å². The number of halogens is 1. The van der Waals surface area contributed by atoms with E-state index in [1.807, 2.05) is 11.0 Å². The van der Waals surface area contributed by atoms with Gasteiger partial charge in [0.15, 0.2) is 5.82 Å². The number of piperidine rings is 2. The van der Waals surface area contributed by atoms with E-state index in [2.05, 4.69) is 32.7 Å². The average molecular weight is 623 g/mol. The second kappa shape index (κ2) is 14.1. The summed E-state index contributed by atoms with van der Waals surface area (Å²) in [6.07, 6.45) is 16.1. The number of rotatable bonds is 4. The number of alkyl halides is 1. The number of nitrogens with zero attached hydrogens (tertiary/aromatic N) is 5. The van der Waals surface area contributed by atoms with E-state index in [9.17, 15) is 9.59 Å². The molecule has 3 aliphatic heterocycles. The highest BCUT2D eigenvalue weighted by molar-refractivity contribution is 6.11. The smallest absolute Gasteiger partial charge is 0.263 e. The fourth-order valence-corrected chi connectivity index (χ4v) is 8.20. The van der Waals surface area contributed by atoms with Crippen molar-refractivity contribution >= 4 is 29.1 Å². The van der Waals surface area contributed by atoms with E-state index in [1.165, 1.54) is 25.7 Å². The first-order valence-corrected chi connectivity index (χ1v) is 17.4. The molecular weight excluding hydrogens is 571 g/mol. The lowest BCUT2D eigenvalue weighted by molar-refractivity contribution is -0.138. The van der Waals surface area contributed by atoms with Crippen molar-refractivity contribution in [2.24, 2.45) is 5.92 Å². The standard InChI is InChI=1S/C34H51FN8O2/c1-41-18-11-25(12-19-41)33(45)42-20-13-24(14-21-42)26-10-17-37-22-27(26)39-32(44)29-30(36)40-43-31(29)38-23-28(35)34(43)15-8-6-4-2-3-5-7-9-16-34/h10,17,22,24-25,28,38H,2-9,11-16,18-21,23H2,1H3,(H2,36,40)(H,39,44). The summed E-state index contributed by atoms with van der Waals surface area (Å²) in [7, 11) is 2.11. The predicted molar refractivity (Wildman–Crippen MR) is 175 cm³/mol. The molecule has 4 aliphatic rings. The number of carbonyl (C=O) groups excluding carboxylic acids is 2. The molecule has 11 heteroatoms. The molecule has 45 heavy (non-hydrogen) atoms. The minimum atomic E-state index is -1.11. The van der Waals surface area contributed by atoms with Crippen molar-refractivity contribution in [2.45, 2.75) is 108 Å². The van der Waals surface area contributed by atoms with Crippen LogP contribution in [0.15, 0.2) is 18.5 Å². The molecule has 2 aromatic heterocycles. The predicted octanol–water partition coefficient (Wildman–Crippen LogP) is 5.53. The highest BCUT2D eigenvalue weighted by Gasteiger charge is 2.47. The summed E-state index contributed by atoms with van der Waals surface area (Å²) >= 11 is 0. The third-order valence-electron chi connectivity index (χ3n) is 11.0. The second-order valence-electron chi connectivity index (χ2n) is 13.9. The minimum absolute atomic E-state index is 0.115. The number of hydrogen-bond acceptors (Lipinski definition) is 7. The van der Waals surface area contributed by atoms with Crippen molar-refractivity contribution in [1.29, 1.82) is 0 Å². The van der Waals surface area contributed by atoms with Gasteiger partial charge in [-0.1, -0.05) is 51.4 Å². The molecule has 1 spiro atoms. The lowest BCUT2D eigenvalue weighted by Crippen LogP contribution is -2.51. The molecule has 1 aliphatic carbocycles. The zero-order chi connectivity index (χ0) is 31.4. The molecule has 0 radical (unpaired) electrons. The first-order valence-electron chi connectivity index (χ1n) is 17.4. The van der Waals surface area contributed by atoms with E-state index >= 15 is 4.39 Å². The molecule has 2 amide bonds. The van der Waals surface area contributed by atoms with Crippen LogP contribution < -0.4 is 16.4 Å². The quantitative estimate of drug-likeness (QED) is 0.410. The summed E-state index contributed by atoms with van der Waals surface area (Å²) in [5.41, 5.74) is 7.58. The maximum Gasteiger partial charge on any atom is 0.263 e. The molecule has 246 valence electrons. The normalized spacial score (nSPS) is 24.0. The van der Waals surface area contributed by atoms with E-state index in [-0.39, 0.29) is 41.6 Å². The highest BCUT2D eigenvalue weighted by atomic mass is 19.1. The van der Waals surface area contributed by atoms with E-state index in [0.29, 0.717) is 37.4 Å². The van der Waals surface area contributed by atoms with Gasteiger partial charge < -0.3 is 26.2 Å². The summed E-state index contributed by atoms with van der Waals surface area (Å²) in [5, 5.41) is 10.9. The van der Waals surface area contributed by atoms with E-state index in [0.717, 1.165) is 70.0 Å². The number of carbonyl (C=O) groups is 2. The SMILES string of the molecule is CN1CCC(C(=O)N2CCC(c3ccncc3NC(=O)c3c(N)nn4c3NCC(F)C43CCCCCCCCCC3)CC2)CC1. The van der Waals surface area contributed by atoms with Crippen LogP contribution in [-0.2, 0) is 10.3 Å². The monoisotopic (exact) mass is 622 g/mol. The van der Waals surface area contributed by atoms with Crippen LogP contribution in [0.5, 0.6) is 0 Å². The van der Waals surface area contributed by atoms with Gasteiger partial charge in [-0.3, -0.25) is 14.6 Å². The summed E-state index contributed by atoms with van der Waals surface area (Å²) in [5.74, 6) is 0.877. The Balaban J connectivity index is 1.17. The number of amides is 2. The Hall–Kier alpha value is -3.21. The van der Waals surface area contributed by atoms with Gasteiger partial charge in [-0.05, 0) is 76.2 Å². The van der Waals surface area contributed by atoms with Crippen molar-refractivity contribution < 1.29 is 14.0 Å². The second-order valence-corrected chi connectivity index (χ2v) is 13.9. The van der Waals surface area contributed by atoms with Gasteiger partial charge >= 0.3 is 0 Å². The number of anilines is 3. The number of nitrogen functional groups attached to an aromatic ring is 1. The van der Waals surface area contributed by atoms with Crippen molar-refractivity contribution in [3.8, 4) is 0 Å². The molecule has 10 nitrogen and oxygen atoms in total. The molecule has 5 heterocycles. The molecule has 3 fully saturated rings. The van der Waals surface area contributed by atoms with Crippen molar-refractivity contribution in [3.63, 3.8) is 0 Å². The minimum Gasteiger partial charge on any atom is -0.381 e. The van der Waals surface area contributed by atoms with Crippen LogP contribution in [0.2, 0.25) is 0 Å². The van der Waals surface area contributed by atoms with Gasteiger partial charge in [-0.15, -0.1) is 0 Å². The van der Waals surface area contributed by atoms with E-state index in [1.54, 1.807) is 17.1 Å². The summed E-state index contributed by atoms with van der Waals surface area (Å²) < 4.78 is 17.6. The maximum atomic E-state index is 15.9. The van der Waals surface area contributed by atoms with Crippen molar-refractivity contribution in [1.82, 2.24) is 24.6 Å². The molecule has 4 N–H and O–H groups in total. The van der Waals surface area contributed by atoms with Crippen LogP contribution in [0, 0.1) is 5.92 Å². The third kappa shape index (κ3) is 6.69. The van der Waals surface area contributed by atoms with Crippen LogP contribution in [0.25, 0.3) is 0 Å². The molecule has 1 atom stereocenters. The van der Waals surface area contributed by atoms with E-state index in [4.69, 9.17) is 5.73 Å². The van der Waals surface area contributed by atoms with Crippen LogP contribution >= 0.6 is 0 Å². The van der Waals surface area contributed by atoms with E-state index < -0.39 is 11.7 Å². The fourth-order valence-electron chi connectivity index (χ4n) is 8.20. The van der Waals surface area contributed by atoms with Gasteiger partial charge in [0.2, 0.25) is 5.91 Å². The average Bonchev–Trinajstić information content (AvgIpc) is 3.37. The van der Waals surface area contributed by atoms with Gasteiger partial charge in [0, 0.05) is 31.7 Å². The van der Waals surface area contributed by atoms with Gasteiger partial charge in [0.25, 0.3) is 5.91 Å². The molecule has 1 saturated carbocycles. The molecule has 0 aromatic carbocycles. The van der Waals surface area contributed by atoms with Crippen LogP contribution in [0.3, 0.4) is 0 Å². The zero-order valence-corrected chi connectivity index (χ0v) is 26.9. The lowest BCUT2D eigenvalue weighted by atomic mass is 9.81. The van der Waals surface area contributed by atoms with Gasteiger partial charge in [0.1, 0.15) is 17.6 Å². The molecule has 0 bridgehead atoms. The van der Waals surface area contributed by atoms with Gasteiger partial charge in [-0.25, -0.2) is 9.07 Å². The fraction of sp³-hybridized carbons (Fsp3) is 0.706. The highest BCUT2D eigenvalue weighted by Crippen LogP contribution is 2.43. The maximum absolute atomic E-state index is 15.9. The third-order valence-corrected chi connectivity index (χ3v) is 11.0. The Morgan fingerprint density at radius 3 is 2.29 bits per heavy atom. The zero-order valence-electron chi connectivity index (χ0n) is 26.9. The Labute approximate surface area is 266 Å². The largest absolute Gasteiger partial charge is 0.381 e. The number of nitrogens with one attached hydrogen (secondary N) is 2. The van der Waals surface area contributed by atoms with Crippen LogP contribution in [0.4, 0.5) is 21.7 Å². The molecule has 1 unspecified atom stereocenters. The first-order chi connectivity index (χ1) is 21.9. The number of hydrogen-bond donors (Lipinski definition) is 3. The van der Waals surface area contributed by atoms with Gasteiger partial charge in [0.05, 0.1) is 17.4 Å². The molecule has 2 aromatic rings. The lowest BCUT2D eigenvalue weighted by Gasteiger charge is -2.42. The molecule has 6 rings (SSSR count). The molecule has 2 saturated heterocycles. The topological polar surface area (TPSA) is 121 Å². The van der Waals surface area contributed by atoms with Crippen LogP contribution in [-0.4, -0.2) is 82.3 Å².